The van der Waals surface area contributed by atoms with Gasteiger partial charge in [0, 0.05) is 23.5 Å². The van der Waals surface area contributed by atoms with Crippen LogP contribution >= 0.6 is 27.5 Å². The number of nitrogens with zero attached hydrogens (tertiary/aromatic N) is 1. The number of hydrogen-bond acceptors (Lipinski definition) is 3. The van der Waals surface area contributed by atoms with Gasteiger partial charge in [0.15, 0.2) is 0 Å². The Bertz CT molecular complexity index is 963. The molecule has 1 saturated heterocycles. The van der Waals surface area contributed by atoms with Gasteiger partial charge in [-0.15, -0.1) is 0 Å². The topological polar surface area (TPSA) is 66.5 Å². The molecule has 5 nitrogen and oxygen atoms in total. The molecule has 1 aliphatic rings. The quantitative estimate of drug-likeness (QED) is 0.718. The molecule has 0 bridgehead atoms. The van der Waals surface area contributed by atoms with Crippen molar-refractivity contribution in [2.75, 3.05) is 18.4 Å². The van der Waals surface area contributed by atoms with Crippen LogP contribution in [0.4, 0.5) is 10.1 Å². The molecule has 0 saturated carbocycles. The van der Waals surface area contributed by atoms with Crippen LogP contribution in [0.2, 0.25) is 5.02 Å². The molecule has 0 unspecified atom stereocenters. The van der Waals surface area contributed by atoms with Crippen molar-refractivity contribution in [1.82, 2.24) is 4.31 Å². The van der Waals surface area contributed by atoms with E-state index in [4.69, 9.17) is 11.6 Å². The lowest BCUT2D eigenvalue weighted by Gasteiger charge is -2.30. The van der Waals surface area contributed by atoms with Gasteiger partial charge in [-0.2, -0.15) is 4.31 Å². The van der Waals surface area contributed by atoms with Crippen LogP contribution in [-0.4, -0.2) is 31.7 Å². The zero-order chi connectivity index (χ0) is 19.6. The summed E-state index contributed by atoms with van der Waals surface area (Å²) in [4.78, 5) is 12.4. The number of halogens is 3. The number of amides is 1. The van der Waals surface area contributed by atoms with Crippen LogP contribution in [0.3, 0.4) is 0 Å². The molecule has 1 fully saturated rings. The summed E-state index contributed by atoms with van der Waals surface area (Å²) in [5.74, 6) is -1.08. The summed E-state index contributed by atoms with van der Waals surface area (Å²) in [6, 6.07) is 10.6. The maximum Gasteiger partial charge on any atom is 0.243 e. The van der Waals surface area contributed by atoms with E-state index in [1.54, 1.807) is 6.07 Å². The Morgan fingerprint density at radius 1 is 1.19 bits per heavy atom. The average molecular weight is 476 g/mol. The number of sulfonamides is 1. The highest BCUT2D eigenvalue weighted by Crippen LogP contribution is 2.28. The van der Waals surface area contributed by atoms with Crippen molar-refractivity contribution in [2.45, 2.75) is 17.7 Å². The van der Waals surface area contributed by atoms with E-state index in [0.29, 0.717) is 18.5 Å². The zero-order valence-corrected chi connectivity index (χ0v) is 17.3. The molecule has 2 aromatic rings. The summed E-state index contributed by atoms with van der Waals surface area (Å²) in [7, 11) is -3.77. The third kappa shape index (κ3) is 4.51. The summed E-state index contributed by atoms with van der Waals surface area (Å²) < 4.78 is 40.8. The van der Waals surface area contributed by atoms with E-state index >= 15 is 0 Å². The monoisotopic (exact) mass is 474 g/mol. The largest absolute Gasteiger partial charge is 0.325 e. The van der Waals surface area contributed by atoms with Crippen LogP contribution < -0.4 is 5.32 Å². The van der Waals surface area contributed by atoms with Crippen LogP contribution in [0.1, 0.15) is 12.8 Å². The van der Waals surface area contributed by atoms with E-state index < -0.39 is 15.8 Å². The van der Waals surface area contributed by atoms with Crippen molar-refractivity contribution in [3.8, 4) is 0 Å². The third-order valence-corrected chi connectivity index (χ3v) is 7.36. The molecule has 1 heterocycles. The number of carbonyl (C=O) groups excluding carboxylic acids is 1. The third-order valence-electron chi connectivity index (χ3n) is 4.49. The molecule has 0 radical (unpaired) electrons. The molecule has 0 spiro atoms. The lowest BCUT2D eigenvalue weighted by Crippen LogP contribution is -2.41. The molecule has 27 heavy (non-hydrogen) atoms. The Morgan fingerprint density at radius 3 is 2.48 bits per heavy atom. The Labute approximate surface area is 170 Å². The summed E-state index contributed by atoms with van der Waals surface area (Å²) in [5, 5.41) is 2.63. The van der Waals surface area contributed by atoms with Crippen molar-refractivity contribution >= 4 is 49.1 Å². The number of piperidine rings is 1. The molecule has 0 atom stereocenters. The Balaban J connectivity index is 1.65. The van der Waals surface area contributed by atoms with Gasteiger partial charge in [-0.3, -0.25) is 4.79 Å². The van der Waals surface area contributed by atoms with E-state index in [1.807, 2.05) is 18.2 Å². The molecule has 9 heteroatoms. The van der Waals surface area contributed by atoms with Gasteiger partial charge in [0.25, 0.3) is 0 Å². The van der Waals surface area contributed by atoms with Gasteiger partial charge in [0.2, 0.25) is 15.9 Å². The van der Waals surface area contributed by atoms with E-state index in [-0.39, 0.29) is 34.8 Å². The van der Waals surface area contributed by atoms with Crippen molar-refractivity contribution in [3.63, 3.8) is 0 Å². The minimum absolute atomic E-state index is 0.0509. The molecule has 3 rings (SSSR count). The van der Waals surface area contributed by atoms with Crippen LogP contribution in [0.25, 0.3) is 0 Å². The van der Waals surface area contributed by atoms with E-state index in [0.717, 1.165) is 16.6 Å². The predicted molar refractivity (Wildman–Crippen MR) is 106 cm³/mol. The van der Waals surface area contributed by atoms with Gasteiger partial charge in [-0.05, 0) is 59.1 Å². The number of carbonyl (C=O) groups is 1. The number of rotatable bonds is 4. The first kappa shape index (κ1) is 20.3. The van der Waals surface area contributed by atoms with Gasteiger partial charge in [0.05, 0.1) is 15.6 Å². The van der Waals surface area contributed by atoms with Crippen LogP contribution in [0.15, 0.2) is 51.8 Å². The minimum atomic E-state index is -3.77. The van der Waals surface area contributed by atoms with Crippen LogP contribution in [0.5, 0.6) is 0 Å². The van der Waals surface area contributed by atoms with E-state index in [9.17, 15) is 17.6 Å². The van der Waals surface area contributed by atoms with Crippen molar-refractivity contribution < 1.29 is 17.6 Å². The van der Waals surface area contributed by atoms with Crippen LogP contribution in [0, 0.1) is 11.7 Å². The summed E-state index contributed by atoms with van der Waals surface area (Å²) in [6.45, 7) is 0.427. The first-order valence-corrected chi connectivity index (χ1v) is 10.9. The Hall–Kier alpha value is -1.48. The smallest absolute Gasteiger partial charge is 0.243 e. The summed E-state index contributed by atoms with van der Waals surface area (Å²) >= 11 is 9.08. The van der Waals surface area contributed by atoms with Crippen LogP contribution in [-0.2, 0) is 14.8 Å². The predicted octanol–water partition coefficient (Wildman–Crippen LogP) is 4.28. The second kappa shape index (κ2) is 8.26. The van der Waals surface area contributed by atoms with Gasteiger partial charge in [0.1, 0.15) is 5.82 Å². The van der Waals surface area contributed by atoms with E-state index in [2.05, 4.69) is 21.2 Å². The molecular formula is C18H17BrClFN2O3S. The molecule has 2 aromatic carbocycles. The molecule has 144 valence electrons. The fourth-order valence-corrected chi connectivity index (χ4v) is 5.07. The molecule has 1 N–H and O–H groups in total. The van der Waals surface area contributed by atoms with Crippen molar-refractivity contribution in [3.05, 3.63) is 57.8 Å². The highest BCUT2D eigenvalue weighted by molar-refractivity contribution is 9.10. The summed E-state index contributed by atoms with van der Waals surface area (Å²) in [5.41, 5.74) is 0.679. The second-order valence-electron chi connectivity index (χ2n) is 6.22. The normalized spacial score (nSPS) is 16.3. The van der Waals surface area contributed by atoms with Gasteiger partial charge < -0.3 is 5.32 Å². The lowest BCUT2D eigenvalue weighted by atomic mass is 9.97. The highest BCUT2D eigenvalue weighted by Gasteiger charge is 2.32. The van der Waals surface area contributed by atoms with Crippen molar-refractivity contribution in [1.29, 1.82) is 0 Å². The molecular weight excluding hydrogens is 459 g/mol. The number of benzene rings is 2. The van der Waals surface area contributed by atoms with Gasteiger partial charge in [-0.25, -0.2) is 12.8 Å². The number of nitrogens with one attached hydrogen (secondary N) is 1. The highest BCUT2D eigenvalue weighted by atomic mass is 79.9. The molecule has 1 aliphatic heterocycles. The lowest BCUT2D eigenvalue weighted by molar-refractivity contribution is -0.120. The molecule has 0 aromatic heterocycles. The SMILES string of the molecule is O=C(Nc1ccccc1Br)C1CCN(S(=O)(=O)c2ccc(F)c(Cl)c2)CC1. The molecule has 1 amide bonds. The zero-order valence-electron chi connectivity index (χ0n) is 14.2. The maximum absolute atomic E-state index is 13.3. The number of hydrogen-bond donors (Lipinski definition) is 1. The van der Waals surface area contributed by atoms with Gasteiger partial charge in [-0.1, -0.05) is 23.7 Å². The Morgan fingerprint density at radius 2 is 1.85 bits per heavy atom. The van der Waals surface area contributed by atoms with Crippen molar-refractivity contribution in [2.24, 2.45) is 5.92 Å². The van der Waals surface area contributed by atoms with E-state index in [1.165, 1.54) is 10.4 Å². The maximum atomic E-state index is 13.3. The first-order valence-electron chi connectivity index (χ1n) is 8.29. The average Bonchev–Trinajstić information content (AvgIpc) is 2.65. The minimum Gasteiger partial charge on any atom is -0.325 e. The first-order chi connectivity index (χ1) is 12.8. The fourth-order valence-electron chi connectivity index (χ4n) is 2.94. The fraction of sp³-hybridized carbons (Fsp3) is 0.278. The van der Waals surface area contributed by atoms with Gasteiger partial charge >= 0.3 is 0 Å². The second-order valence-corrected chi connectivity index (χ2v) is 9.42. The standard InChI is InChI=1S/C18H17BrClFN2O3S/c19-14-3-1-2-4-17(14)22-18(24)12-7-9-23(10-8-12)27(25,26)13-5-6-16(21)15(20)11-13/h1-6,11-12H,7-10H2,(H,22,24). The number of anilines is 1. The molecule has 0 aliphatic carbocycles. The Kier molecular flexibility index (Phi) is 6.20. The summed E-state index contributed by atoms with van der Waals surface area (Å²) in [6.07, 6.45) is 0.814. The number of para-hydroxylation sites is 1.